The molecule has 21 heavy (non-hydrogen) atoms. The number of aromatic nitrogens is 4. The number of pyridine rings is 1. The molecular formula is C15H22N6. The number of hydrogen-bond donors (Lipinski definition) is 2. The lowest BCUT2D eigenvalue weighted by molar-refractivity contribution is 0.391. The summed E-state index contributed by atoms with van der Waals surface area (Å²) in [5, 5.41) is 10.7. The summed E-state index contributed by atoms with van der Waals surface area (Å²) in [4.78, 5) is 10.9. The van der Waals surface area contributed by atoms with E-state index in [0.717, 1.165) is 43.7 Å². The fourth-order valence-electron chi connectivity index (χ4n) is 2.83. The quantitative estimate of drug-likeness (QED) is 0.865. The Labute approximate surface area is 125 Å². The number of nitrogens with one attached hydrogen (secondary N) is 2. The predicted octanol–water partition coefficient (Wildman–Crippen LogP) is 1.23. The minimum absolute atomic E-state index is 0.770. The van der Waals surface area contributed by atoms with Gasteiger partial charge in [0.2, 0.25) is 5.95 Å². The Kier molecular flexibility index (Phi) is 4.45. The van der Waals surface area contributed by atoms with E-state index >= 15 is 0 Å². The fraction of sp³-hybridized carbons (Fsp3) is 0.533. The van der Waals surface area contributed by atoms with E-state index in [2.05, 4.69) is 30.4 Å². The molecule has 3 rings (SSSR count). The van der Waals surface area contributed by atoms with Crippen LogP contribution < -0.4 is 10.2 Å². The van der Waals surface area contributed by atoms with Gasteiger partial charge in [0.15, 0.2) is 0 Å². The van der Waals surface area contributed by atoms with Gasteiger partial charge in [0.1, 0.15) is 5.82 Å². The molecule has 0 atom stereocenters. The molecule has 0 aromatic carbocycles. The van der Waals surface area contributed by atoms with Crippen molar-refractivity contribution in [3.05, 3.63) is 35.9 Å². The van der Waals surface area contributed by atoms with Crippen LogP contribution in [0.1, 0.15) is 24.2 Å². The lowest BCUT2D eigenvalue weighted by Gasteiger charge is -2.30. The maximum atomic E-state index is 4.62. The summed E-state index contributed by atoms with van der Waals surface area (Å²) in [6.07, 6.45) is 6.79. The van der Waals surface area contributed by atoms with Gasteiger partial charge in [-0.3, -0.25) is 10.1 Å². The lowest BCUT2D eigenvalue weighted by Crippen LogP contribution is -2.37. The number of anilines is 1. The smallest absolute Gasteiger partial charge is 0.244 e. The zero-order chi connectivity index (χ0) is 14.5. The first kappa shape index (κ1) is 14.0. The molecule has 0 radical (unpaired) electrons. The molecule has 0 amide bonds. The highest BCUT2D eigenvalue weighted by atomic mass is 15.4. The number of hydrogen-bond acceptors (Lipinski definition) is 5. The summed E-state index contributed by atoms with van der Waals surface area (Å²) in [5.41, 5.74) is 1.19. The van der Waals surface area contributed by atoms with E-state index in [0.29, 0.717) is 0 Å². The van der Waals surface area contributed by atoms with Gasteiger partial charge in [0.05, 0.1) is 0 Å². The molecule has 1 aliphatic rings. The molecule has 3 heterocycles. The standard InChI is InChI=1S/C15H22N6/c1-16-11-13-4-8-21(9-5-13)15-18-14(19-20-15)10-12-2-6-17-7-3-12/h2-3,6-7,13,16H,4-5,8-11H2,1H3,(H,18,19,20). The van der Waals surface area contributed by atoms with E-state index in [9.17, 15) is 0 Å². The number of H-pyrrole nitrogens is 1. The first-order chi connectivity index (χ1) is 10.3. The summed E-state index contributed by atoms with van der Waals surface area (Å²) in [6.45, 7) is 3.19. The number of aromatic amines is 1. The molecule has 1 fully saturated rings. The molecule has 2 N–H and O–H groups in total. The molecule has 1 saturated heterocycles. The molecule has 6 heteroatoms. The Bertz CT molecular complexity index is 544. The van der Waals surface area contributed by atoms with E-state index in [1.807, 2.05) is 19.2 Å². The van der Waals surface area contributed by atoms with Crippen molar-refractivity contribution in [2.75, 3.05) is 31.6 Å². The highest BCUT2D eigenvalue weighted by Gasteiger charge is 2.21. The maximum Gasteiger partial charge on any atom is 0.244 e. The average molecular weight is 286 g/mol. The van der Waals surface area contributed by atoms with Gasteiger partial charge in [-0.15, -0.1) is 5.10 Å². The summed E-state index contributed by atoms with van der Waals surface area (Å²) in [5.74, 6) is 2.52. The molecule has 0 saturated carbocycles. The van der Waals surface area contributed by atoms with Crippen LogP contribution in [0.15, 0.2) is 24.5 Å². The normalized spacial score (nSPS) is 16.3. The van der Waals surface area contributed by atoms with Gasteiger partial charge in [-0.2, -0.15) is 4.98 Å². The van der Waals surface area contributed by atoms with Crippen molar-refractivity contribution in [1.29, 1.82) is 0 Å². The summed E-state index contributed by atoms with van der Waals surface area (Å²) < 4.78 is 0. The Morgan fingerprint density at radius 3 is 2.76 bits per heavy atom. The van der Waals surface area contributed by atoms with Crippen molar-refractivity contribution >= 4 is 5.95 Å². The van der Waals surface area contributed by atoms with Gasteiger partial charge in [0, 0.05) is 31.9 Å². The summed E-state index contributed by atoms with van der Waals surface area (Å²) in [6, 6.07) is 4.01. The van der Waals surface area contributed by atoms with Crippen LogP contribution in [0.4, 0.5) is 5.95 Å². The monoisotopic (exact) mass is 286 g/mol. The van der Waals surface area contributed by atoms with E-state index in [4.69, 9.17) is 0 Å². The first-order valence-corrected chi connectivity index (χ1v) is 7.55. The van der Waals surface area contributed by atoms with Crippen molar-refractivity contribution in [3.63, 3.8) is 0 Å². The van der Waals surface area contributed by atoms with E-state index in [-0.39, 0.29) is 0 Å². The molecule has 0 bridgehead atoms. The van der Waals surface area contributed by atoms with Gasteiger partial charge in [-0.25, -0.2) is 0 Å². The third-order valence-electron chi connectivity index (χ3n) is 4.03. The van der Waals surface area contributed by atoms with Crippen LogP contribution in [0.25, 0.3) is 0 Å². The third kappa shape index (κ3) is 3.58. The number of piperidine rings is 1. The molecule has 1 aliphatic heterocycles. The van der Waals surface area contributed by atoms with Gasteiger partial charge in [-0.1, -0.05) is 0 Å². The minimum atomic E-state index is 0.770. The van der Waals surface area contributed by atoms with Crippen LogP contribution in [0, 0.1) is 5.92 Å². The van der Waals surface area contributed by atoms with Gasteiger partial charge < -0.3 is 10.2 Å². The summed E-state index contributed by atoms with van der Waals surface area (Å²) in [7, 11) is 2.02. The maximum absolute atomic E-state index is 4.62. The number of rotatable bonds is 5. The second-order valence-corrected chi connectivity index (χ2v) is 5.60. The first-order valence-electron chi connectivity index (χ1n) is 7.55. The molecular weight excluding hydrogens is 264 g/mol. The lowest BCUT2D eigenvalue weighted by atomic mass is 9.97. The van der Waals surface area contributed by atoms with Gasteiger partial charge in [0.25, 0.3) is 0 Å². The van der Waals surface area contributed by atoms with Crippen LogP contribution in [0.2, 0.25) is 0 Å². The van der Waals surface area contributed by atoms with Crippen LogP contribution >= 0.6 is 0 Å². The topological polar surface area (TPSA) is 69.7 Å². The van der Waals surface area contributed by atoms with Crippen LogP contribution in [0.3, 0.4) is 0 Å². The SMILES string of the molecule is CNCC1CCN(c2n[nH]c(Cc3ccncc3)n2)CC1. The summed E-state index contributed by atoms with van der Waals surface area (Å²) >= 11 is 0. The molecule has 112 valence electrons. The third-order valence-corrected chi connectivity index (χ3v) is 4.03. The second kappa shape index (κ2) is 6.67. The highest BCUT2D eigenvalue weighted by Crippen LogP contribution is 2.20. The van der Waals surface area contributed by atoms with Crippen LogP contribution in [-0.4, -0.2) is 46.8 Å². The van der Waals surface area contributed by atoms with E-state index in [1.54, 1.807) is 12.4 Å². The Morgan fingerprint density at radius 1 is 1.29 bits per heavy atom. The predicted molar refractivity (Wildman–Crippen MR) is 82.3 cm³/mol. The molecule has 2 aromatic rings. The molecule has 0 aliphatic carbocycles. The molecule has 6 nitrogen and oxygen atoms in total. The zero-order valence-corrected chi connectivity index (χ0v) is 12.4. The van der Waals surface area contributed by atoms with Crippen molar-refractivity contribution in [2.45, 2.75) is 19.3 Å². The van der Waals surface area contributed by atoms with Crippen molar-refractivity contribution < 1.29 is 0 Å². The largest absolute Gasteiger partial charge is 0.340 e. The van der Waals surface area contributed by atoms with Gasteiger partial charge >= 0.3 is 0 Å². The van der Waals surface area contributed by atoms with E-state index in [1.165, 1.54) is 18.4 Å². The van der Waals surface area contributed by atoms with Crippen molar-refractivity contribution in [3.8, 4) is 0 Å². The van der Waals surface area contributed by atoms with Crippen molar-refractivity contribution in [2.24, 2.45) is 5.92 Å². The fourth-order valence-corrected chi connectivity index (χ4v) is 2.83. The Morgan fingerprint density at radius 2 is 2.05 bits per heavy atom. The molecule has 2 aromatic heterocycles. The minimum Gasteiger partial charge on any atom is -0.340 e. The van der Waals surface area contributed by atoms with Crippen LogP contribution in [0.5, 0.6) is 0 Å². The average Bonchev–Trinajstić information content (AvgIpc) is 2.98. The molecule has 0 spiro atoms. The highest BCUT2D eigenvalue weighted by molar-refractivity contribution is 5.30. The second-order valence-electron chi connectivity index (χ2n) is 5.60. The van der Waals surface area contributed by atoms with Crippen molar-refractivity contribution in [1.82, 2.24) is 25.5 Å². The van der Waals surface area contributed by atoms with Gasteiger partial charge in [-0.05, 0) is 50.0 Å². The number of nitrogens with zero attached hydrogens (tertiary/aromatic N) is 4. The molecule has 0 unspecified atom stereocenters. The van der Waals surface area contributed by atoms with E-state index < -0.39 is 0 Å². The zero-order valence-electron chi connectivity index (χ0n) is 12.4. The van der Waals surface area contributed by atoms with Crippen LogP contribution in [-0.2, 0) is 6.42 Å². The Hall–Kier alpha value is -1.95. The Balaban J connectivity index is 1.58.